The Kier molecular flexibility index (Phi) is 3.10. The fourth-order valence-electron chi connectivity index (χ4n) is 1.69. The Morgan fingerprint density at radius 1 is 1.35 bits per heavy atom. The van der Waals surface area contributed by atoms with Crippen molar-refractivity contribution >= 4 is 11.2 Å². The van der Waals surface area contributed by atoms with Gasteiger partial charge in [-0.05, 0) is 6.42 Å². The van der Waals surface area contributed by atoms with E-state index in [1.807, 2.05) is 6.92 Å². The van der Waals surface area contributed by atoms with Crippen molar-refractivity contribution in [3.05, 3.63) is 26.7 Å². The number of aromatic amines is 2. The Bertz CT molecular complexity index is 637. The number of fused-ring (bicyclic) bond motifs is 1. The van der Waals surface area contributed by atoms with Crippen LogP contribution in [0, 0.1) is 0 Å². The lowest BCUT2D eigenvalue weighted by Gasteiger charge is -2.03. The lowest BCUT2D eigenvalue weighted by Crippen LogP contribution is -2.30. The third-order valence-corrected chi connectivity index (χ3v) is 2.57. The molecule has 2 heterocycles. The Hall–Kier alpha value is -1.89. The fourth-order valence-corrected chi connectivity index (χ4v) is 1.69. The zero-order valence-corrected chi connectivity index (χ0v) is 9.49. The maximum absolute atomic E-state index is 11.6. The molecule has 2 aromatic rings. The number of unbranched alkanes of at least 4 members (excludes halogenated alkanes) is 1. The molecule has 17 heavy (non-hydrogen) atoms. The van der Waals surface area contributed by atoms with Gasteiger partial charge < -0.3 is 10.1 Å². The first kappa shape index (κ1) is 11.6. The van der Waals surface area contributed by atoms with Crippen LogP contribution < -0.4 is 11.2 Å². The third-order valence-electron chi connectivity index (χ3n) is 2.57. The summed E-state index contributed by atoms with van der Waals surface area (Å²) in [4.78, 5) is 32.1. The average molecular weight is 238 g/mol. The van der Waals surface area contributed by atoms with E-state index in [4.69, 9.17) is 5.11 Å². The molecule has 0 fully saturated rings. The highest BCUT2D eigenvalue weighted by Gasteiger charge is 2.11. The van der Waals surface area contributed by atoms with Crippen molar-refractivity contribution in [2.45, 2.75) is 32.9 Å². The normalized spacial score (nSPS) is 11.2. The first-order valence-electron chi connectivity index (χ1n) is 5.50. The summed E-state index contributed by atoms with van der Waals surface area (Å²) in [5.74, 6) is 0.279. The van der Waals surface area contributed by atoms with Gasteiger partial charge in [-0.15, -0.1) is 0 Å². The van der Waals surface area contributed by atoms with Gasteiger partial charge in [0, 0.05) is 6.54 Å². The molecule has 0 atom stereocenters. The second-order valence-corrected chi connectivity index (χ2v) is 3.80. The van der Waals surface area contributed by atoms with Crippen LogP contribution in [0.5, 0.6) is 0 Å². The number of hydrogen-bond donors (Lipinski definition) is 3. The van der Waals surface area contributed by atoms with Gasteiger partial charge in [-0.25, -0.2) is 9.78 Å². The van der Waals surface area contributed by atoms with Crippen molar-refractivity contribution in [1.29, 1.82) is 0 Å². The molecule has 0 amide bonds. The summed E-state index contributed by atoms with van der Waals surface area (Å²) < 4.78 is 1.41. The highest BCUT2D eigenvalue weighted by molar-refractivity contribution is 5.69. The maximum atomic E-state index is 11.6. The van der Waals surface area contributed by atoms with Crippen LogP contribution in [0.3, 0.4) is 0 Å². The van der Waals surface area contributed by atoms with E-state index >= 15 is 0 Å². The Balaban J connectivity index is 2.68. The number of nitrogens with zero attached hydrogens (tertiary/aromatic N) is 2. The number of aryl methyl sites for hydroxylation is 1. The van der Waals surface area contributed by atoms with E-state index in [1.165, 1.54) is 4.57 Å². The Morgan fingerprint density at radius 2 is 2.12 bits per heavy atom. The van der Waals surface area contributed by atoms with Gasteiger partial charge in [-0.2, -0.15) is 0 Å². The molecule has 2 aromatic heterocycles. The summed E-state index contributed by atoms with van der Waals surface area (Å²) in [6.45, 7) is 2.21. The molecule has 0 spiro atoms. The van der Waals surface area contributed by atoms with Gasteiger partial charge in [0.05, 0.1) is 0 Å². The zero-order chi connectivity index (χ0) is 12.4. The van der Waals surface area contributed by atoms with Gasteiger partial charge in [-0.3, -0.25) is 14.3 Å². The standard InChI is InChI=1S/C10H14N4O3/c1-2-3-4-14-8-7(9(16)13-10(14)17)11-6(5-15)12-8/h15H,2-5H2,1H3,(H,11,12)(H,13,16,17). The predicted octanol–water partition coefficient (Wildman–Crippen LogP) is -0.295. The van der Waals surface area contributed by atoms with Crippen LogP contribution in [-0.2, 0) is 13.2 Å². The summed E-state index contributed by atoms with van der Waals surface area (Å²) in [5, 5.41) is 8.97. The summed E-state index contributed by atoms with van der Waals surface area (Å²) in [7, 11) is 0. The number of aliphatic hydroxyl groups excluding tert-OH is 1. The molecule has 7 nitrogen and oxygen atoms in total. The summed E-state index contributed by atoms with van der Waals surface area (Å²) in [5.41, 5.74) is -0.446. The van der Waals surface area contributed by atoms with Crippen molar-refractivity contribution in [2.75, 3.05) is 0 Å². The van der Waals surface area contributed by atoms with Crippen molar-refractivity contribution in [3.8, 4) is 0 Å². The van der Waals surface area contributed by atoms with E-state index in [1.54, 1.807) is 0 Å². The van der Waals surface area contributed by atoms with Crippen molar-refractivity contribution in [1.82, 2.24) is 19.5 Å². The molecule has 0 bridgehead atoms. The molecule has 0 aliphatic carbocycles. The number of aromatic nitrogens is 4. The van der Waals surface area contributed by atoms with Crippen LogP contribution in [0.15, 0.2) is 9.59 Å². The van der Waals surface area contributed by atoms with Gasteiger partial charge in [0.25, 0.3) is 5.56 Å². The highest BCUT2D eigenvalue weighted by atomic mass is 16.3. The molecule has 0 unspecified atom stereocenters. The summed E-state index contributed by atoms with van der Waals surface area (Å²) in [6.07, 6.45) is 1.76. The average Bonchev–Trinajstić information content (AvgIpc) is 2.73. The fraction of sp³-hybridized carbons (Fsp3) is 0.500. The third kappa shape index (κ3) is 2.01. The molecule has 0 aromatic carbocycles. The topological polar surface area (TPSA) is 104 Å². The molecule has 0 aliphatic heterocycles. The number of H-pyrrole nitrogens is 2. The van der Waals surface area contributed by atoms with Crippen LogP contribution in [0.2, 0.25) is 0 Å². The lowest BCUT2D eigenvalue weighted by molar-refractivity contribution is 0.273. The zero-order valence-electron chi connectivity index (χ0n) is 9.49. The molecule has 0 saturated heterocycles. The van der Waals surface area contributed by atoms with E-state index < -0.39 is 11.2 Å². The highest BCUT2D eigenvalue weighted by Crippen LogP contribution is 2.05. The number of aliphatic hydroxyl groups is 1. The molecule has 3 N–H and O–H groups in total. The molecule has 0 radical (unpaired) electrons. The molecule has 7 heteroatoms. The Morgan fingerprint density at radius 3 is 2.76 bits per heavy atom. The van der Waals surface area contributed by atoms with Crippen molar-refractivity contribution in [3.63, 3.8) is 0 Å². The van der Waals surface area contributed by atoms with Gasteiger partial charge >= 0.3 is 5.69 Å². The minimum absolute atomic E-state index is 0.227. The first-order chi connectivity index (χ1) is 8.17. The van der Waals surface area contributed by atoms with E-state index in [0.29, 0.717) is 12.2 Å². The van der Waals surface area contributed by atoms with Crippen LogP contribution in [-0.4, -0.2) is 24.6 Å². The van der Waals surface area contributed by atoms with Crippen molar-refractivity contribution in [2.24, 2.45) is 0 Å². The monoisotopic (exact) mass is 238 g/mol. The number of hydrogen-bond acceptors (Lipinski definition) is 4. The lowest BCUT2D eigenvalue weighted by atomic mass is 10.3. The van der Waals surface area contributed by atoms with Crippen LogP contribution in [0.25, 0.3) is 11.2 Å². The van der Waals surface area contributed by atoms with Gasteiger partial charge in [0.1, 0.15) is 17.9 Å². The van der Waals surface area contributed by atoms with Crippen LogP contribution >= 0.6 is 0 Å². The number of imidazole rings is 1. The second kappa shape index (κ2) is 4.54. The SMILES string of the molecule is CCCCn1c(=O)[nH]c(=O)c2[nH]c(CO)nc21. The first-order valence-corrected chi connectivity index (χ1v) is 5.50. The smallest absolute Gasteiger partial charge is 0.330 e. The van der Waals surface area contributed by atoms with Gasteiger partial charge in [0.15, 0.2) is 5.65 Å². The predicted molar refractivity (Wildman–Crippen MR) is 61.8 cm³/mol. The van der Waals surface area contributed by atoms with E-state index in [0.717, 1.165) is 12.8 Å². The van der Waals surface area contributed by atoms with Crippen molar-refractivity contribution < 1.29 is 5.11 Å². The Labute approximate surface area is 96.1 Å². The molecule has 0 aliphatic rings. The molecule has 92 valence electrons. The quantitative estimate of drug-likeness (QED) is 0.680. The molecular weight excluding hydrogens is 224 g/mol. The number of nitrogens with one attached hydrogen (secondary N) is 2. The molecule has 2 rings (SSSR count). The minimum atomic E-state index is -0.509. The van der Waals surface area contributed by atoms with E-state index in [2.05, 4.69) is 15.0 Å². The number of rotatable bonds is 4. The largest absolute Gasteiger partial charge is 0.388 e. The van der Waals surface area contributed by atoms with Crippen LogP contribution in [0.1, 0.15) is 25.6 Å². The molecular formula is C10H14N4O3. The molecule has 0 saturated carbocycles. The van der Waals surface area contributed by atoms with Gasteiger partial charge in [-0.1, -0.05) is 13.3 Å². The summed E-state index contributed by atoms with van der Waals surface area (Å²) >= 11 is 0. The van der Waals surface area contributed by atoms with Crippen LogP contribution in [0.4, 0.5) is 0 Å². The minimum Gasteiger partial charge on any atom is -0.388 e. The summed E-state index contributed by atoms with van der Waals surface area (Å²) in [6, 6.07) is 0. The van der Waals surface area contributed by atoms with E-state index in [9.17, 15) is 9.59 Å². The van der Waals surface area contributed by atoms with Gasteiger partial charge in [0.2, 0.25) is 0 Å². The second-order valence-electron chi connectivity index (χ2n) is 3.80. The maximum Gasteiger partial charge on any atom is 0.330 e. The van der Waals surface area contributed by atoms with E-state index in [-0.39, 0.29) is 17.9 Å².